The Morgan fingerprint density at radius 1 is 1.07 bits per heavy atom. The molecule has 55 heavy (non-hydrogen) atoms. The molecule has 290 valence electrons. The van der Waals surface area contributed by atoms with E-state index in [9.17, 15) is 20.4 Å². The number of amides is 1. The lowest BCUT2D eigenvalue weighted by Gasteiger charge is -2.49. The third kappa shape index (κ3) is 8.15. The fourth-order valence-electron chi connectivity index (χ4n) is 8.24. The third-order valence-corrected chi connectivity index (χ3v) is 17.5. The van der Waals surface area contributed by atoms with E-state index < -0.39 is 26.6 Å². The molecule has 1 saturated carbocycles. The normalized spacial score (nSPS) is 17.4. The van der Waals surface area contributed by atoms with Gasteiger partial charge in [0.15, 0.2) is 17.2 Å². The fraction of sp³-hybridized carbons (Fsp3) is 0.487. The highest BCUT2D eigenvalue weighted by Crippen LogP contribution is 2.45. The maximum atomic E-state index is 11.9. The molecule has 14 nitrogen and oxygen atoms in total. The van der Waals surface area contributed by atoms with E-state index in [0.29, 0.717) is 76.1 Å². The highest BCUT2D eigenvalue weighted by Gasteiger charge is 2.49. The monoisotopic (exact) mass is 784 g/mol. The van der Waals surface area contributed by atoms with Gasteiger partial charge < -0.3 is 34.7 Å². The molecule has 6 rings (SSSR count). The molecule has 2 atom stereocenters. The van der Waals surface area contributed by atoms with Crippen molar-refractivity contribution in [2.75, 3.05) is 35.3 Å². The highest BCUT2D eigenvalue weighted by molar-refractivity contribution is 6.77. The molecule has 1 aliphatic carbocycles. The first kappa shape index (κ1) is 39.6. The average molecular weight is 785 g/mol. The molecule has 0 radical (unpaired) electrons. The van der Waals surface area contributed by atoms with Crippen molar-refractivity contribution >= 4 is 54.8 Å². The number of piperidine rings is 1. The number of hydrogen-bond donors (Lipinski definition) is 3. The van der Waals surface area contributed by atoms with Crippen LogP contribution in [-0.4, -0.2) is 77.5 Å². The lowest BCUT2D eigenvalue weighted by atomic mass is 10.0. The Labute approximate surface area is 328 Å². The minimum Gasteiger partial charge on any atom is -0.497 e. The van der Waals surface area contributed by atoms with Crippen LogP contribution in [0.2, 0.25) is 21.6 Å². The van der Waals surface area contributed by atoms with Crippen LogP contribution in [0.3, 0.4) is 0 Å². The predicted octanol–water partition coefficient (Wildman–Crippen LogP) is 7.85. The first-order valence-electron chi connectivity index (χ1n) is 18.8. The number of benzene rings is 2. The Morgan fingerprint density at radius 2 is 1.76 bits per heavy atom. The SMILES string of the molecule is COc1ccc(CN(c2nc(Nc3cc(C#N)cc(N4CC[C@@H](NC(=O)O)[C@H](O[Si](C(C)C)(C(C)C)C(C)C)C4)c3Cl)nn3c(C#N)cnc23)C2CC2)cc1. The molecule has 2 aliphatic rings. The van der Waals surface area contributed by atoms with Gasteiger partial charge in [0.1, 0.15) is 11.8 Å². The summed E-state index contributed by atoms with van der Waals surface area (Å²) in [6, 6.07) is 15.5. The Kier molecular flexibility index (Phi) is 11.8. The second kappa shape index (κ2) is 16.3. The van der Waals surface area contributed by atoms with E-state index >= 15 is 0 Å². The Bertz CT molecular complexity index is 2090. The largest absolute Gasteiger partial charge is 0.497 e. The molecule has 2 aromatic heterocycles. The number of nitriles is 2. The van der Waals surface area contributed by atoms with Crippen LogP contribution in [-0.2, 0) is 11.0 Å². The van der Waals surface area contributed by atoms with E-state index in [4.69, 9.17) is 25.7 Å². The number of carboxylic acid groups (broad SMARTS) is 1. The van der Waals surface area contributed by atoms with Crippen LogP contribution in [0.4, 0.5) is 27.9 Å². The zero-order valence-electron chi connectivity index (χ0n) is 32.4. The minimum atomic E-state index is -2.42. The molecule has 1 saturated heterocycles. The summed E-state index contributed by atoms with van der Waals surface area (Å²) >= 11 is 7.22. The quantitative estimate of drug-likeness (QED) is 0.106. The van der Waals surface area contributed by atoms with Gasteiger partial charge >= 0.3 is 6.09 Å². The zero-order valence-corrected chi connectivity index (χ0v) is 34.1. The summed E-state index contributed by atoms with van der Waals surface area (Å²) < 4.78 is 14.0. The Balaban J connectivity index is 1.37. The van der Waals surface area contributed by atoms with E-state index in [1.807, 2.05) is 24.3 Å². The number of ether oxygens (including phenoxy) is 1. The van der Waals surface area contributed by atoms with Crippen LogP contribution in [0.5, 0.6) is 5.75 Å². The van der Waals surface area contributed by atoms with Crippen molar-refractivity contribution < 1.29 is 19.1 Å². The van der Waals surface area contributed by atoms with Crippen LogP contribution in [0.25, 0.3) is 5.65 Å². The molecule has 1 aliphatic heterocycles. The summed E-state index contributed by atoms with van der Waals surface area (Å²) in [5, 5.41) is 40.9. The fourth-order valence-corrected chi connectivity index (χ4v) is 14.1. The molecule has 3 heterocycles. The number of nitrogens with zero attached hydrogens (tertiary/aromatic N) is 8. The molecule has 4 aromatic rings. The zero-order chi connectivity index (χ0) is 39.6. The number of hydrogen-bond acceptors (Lipinski definition) is 11. The molecule has 3 N–H and O–H groups in total. The van der Waals surface area contributed by atoms with E-state index in [0.717, 1.165) is 24.2 Å². The van der Waals surface area contributed by atoms with Crippen molar-refractivity contribution in [3.8, 4) is 17.9 Å². The van der Waals surface area contributed by atoms with Gasteiger partial charge in [-0.05, 0) is 65.7 Å². The molecule has 0 unspecified atom stereocenters. The van der Waals surface area contributed by atoms with Crippen molar-refractivity contribution in [2.45, 2.75) is 102 Å². The molecule has 2 fully saturated rings. The minimum absolute atomic E-state index is 0.174. The smallest absolute Gasteiger partial charge is 0.404 e. The van der Waals surface area contributed by atoms with Crippen molar-refractivity contribution in [3.05, 3.63) is 64.4 Å². The van der Waals surface area contributed by atoms with Crippen LogP contribution in [0.15, 0.2) is 42.6 Å². The molecule has 2 aromatic carbocycles. The van der Waals surface area contributed by atoms with Crippen molar-refractivity contribution in [3.63, 3.8) is 0 Å². The number of aromatic nitrogens is 4. The third-order valence-electron chi connectivity index (χ3n) is 10.9. The van der Waals surface area contributed by atoms with Gasteiger partial charge in [0.25, 0.3) is 0 Å². The van der Waals surface area contributed by atoms with Gasteiger partial charge in [-0.3, -0.25) is 0 Å². The Morgan fingerprint density at radius 3 is 2.35 bits per heavy atom. The lowest BCUT2D eigenvalue weighted by Crippen LogP contribution is -2.61. The van der Waals surface area contributed by atoms with Crippen molar-refractivity contribution in [1.29, 1.82) is 10.5 Å². The summed E-state index contributed by atoms with van der Waals surface area (Å²) in [6.45, 7) is 14.6. The summed E-state index contributed by atoms with van der Waals surface area (Å²) in [5.41, 5.74) is 4.01. The summed E-state index contributed by atoms with van der Waals surface area (Å²) in [5.74, 6) is 1.50. The van der Waals surface area contributed by atoms with Crippen LogP contribution in [0, 0.1) is 22.7 Å². The van der Waals surface area contributed by atoms with E-state index in [1.54, 1.807) is 19.2 Å². The van der Waals surface area contributed by atoms with Gasteiger partial charge in [-0.15, -0.1) is 5.10 Å². The van der Waals surface area contributed by atoms with Crippen LogP contribution in [0.1, 0.15) is 77.6 Å². The number of nitrogens with one attached hydrogen (secondary N) is 2. The van der Waals surface area contributed by atoms with E-state index in [1.165, 1.54) is 10.7 Å². The van der Waals surface area contributed by atoms with Gasteiger partial charge in [-0.2, -0.15) is 20.0 Å². The summed E-state index contributed by atoms with van der Waals surface area (Å²) in [7, 11) is -0.783. The van der Waals surface area contributed by atoms with Gasteiger partial charge in [0.05, 0.1) is 53.5 Å². The summed E-state index contributed by atoms with van der Waals surface area (Å²) in [4.78, 5) is 25.7. The van der Waals surface area contributed by atoms with Crippen molar-refractivity contribution in [1.82, 2.24) is 24.9 Å². The number of anilines is 4. The number of fused-ring (bicyclic) bond motifs is 1. The van der Waals surface area contributed by atoms with Crippen LogP contribution >= 0.6 is 11.6 Å². The van der Waals surface area contributed by atoms with Gasteiger partial charge in [-0.25, -0.2) is 9.78 Å². The van der Waals surface area contributed by atoms with Crippen LogP contribution < -0.4 is 25.2 Å². The van der Waals surface area contributed by atoms with Gasteiger partial charge in [0.2, 0.25) is 14.3 Å². The molecule has 1 amide bonds. The summed E-state index contributed by atoms with van der Waals surface area (Å²) in [6.07, 6.45) is 2.40. The first-order chi connectivity index (χ1) is 26.3. The molecular formula is C39H49ClN10O4Si. The first-order valence-corrected chi connectivity index (χ1v) is 21.3. The average Bonchev–Trinajstić information content (AvgIpc) is 3.92. The maximum Gasteiger partial charge on any atom is 0.404 e. The number of carbonyl (C=O) groups is 1. The van der Waals surface area contributed by atoms with Gasteiger partial charge in [-0.1, -0.05) is 65.3 Å². The number of rotatable bonds is 14. The molecule has 16 heteroatoms. The maximum absolute atomic E-state index is 11.9. The van der Waals surface area contributed by atoms with E-state index in [-0.39, 0.29) is 17.7 Å². The number of halogens is 1. The predicted molar refractivity (Wildman–Crippen MR) is 215 cm³/mol. The Hall–Kier alpha value is -5.09. The van der Waals surface area contributed by atoms with Crippen molar-refractivity contribution in [2.24, 2.45) is 0 Å². The van der Waals surface area contributed by atoms with E-state index in [2.05, 4.69) is 84.2 Å². The highest BCUT2D eigenvalue weighted by atomic mass is 35.5. The molecular weight excluding hydrogens is 736 g/mol. The molecule has 0 bridgehead atoms. The number of imidazole rings is 1. The number of methoxy groups -OCH3 is 1. The second-order valence-corrected chi connectivity index (χ2v) is 21.1. The lowest BCUT2D eigenvalue weighted by molar-refractivity contribution is 0.111. The van der Waals surface area contributed by atoms with Gasteiger partial charge in [0, 0.05) is 25.7 Å². The molecule has 0 spiro atoms. The standard InChI is InChI=1S/C39H49ClN10O4Si/c1-23(2)55(24(3)4,25(5)6)54-34-22-48(15-14-31(34)45-39(51)52)33-17-27(18-41)16-32(35(33)40)44-38-46-37(36-43-20-29(19-42)50(36)47-38)49(28-10-11-28)21-26-8-12-30(53-7)13-9-26/h8-9,12-13,16-17,20,23-25,28,31,34,45H,10-11,14-15,21-22H2,1-7H3,(H,44,47)(H,51,52)/t31-,34-/m1/s1. The second-order valence-electron chi connectivity index (χ2n) is 15.3. The topological polar surface area (TPSA) is 177 Å².